The second-order valence-electron chi connectivity index (χ2n) is 7.06. The van der Waals surface area contributed by atoms with Crippen LogP contribution in [-0.2, 0) is 0 Å². The molecule has 0 amide bonds. The maximum absolute atomic E-state index is 10.8. The highest BCUT2D eigenvalue weighted by atomic mass is 35.5. The second-order valence-corrected chi connectivity index (χ2v) is 7.90. The van der Waals surface area contributed by atoms with Crippen LogP contribution in [0.1, 0.15) is 42.2 Å². The van der Waals surface area contributed by atoms with Crippen molar-refractivity contribution in [1.82, 2.24) is 5.32 Å². The van der Waals surface area contributed by atoms with E-state index in [1.807, 2.05) is 67.6 Å². The first-order chi connectivity index (χ1) is 14.6. The Bertz CT molecular complexity index is 1070. The number of para-hydroxylation sites is 1. The number of phenols is 1. The Balaban J connectivity index is 1.77. The van der Waals surface area contributed by atoms with Gasteiger partial charge in [0.1, 0.15) is 6.17 Å². The van der Waals surface area contributed by atoms with Crippen LogP contribution in [0.2, 0.25) is 10.0 Å². The largest absolute Gasteiger partial charge is 0.504 e. The Morgan fingerprint density at radius 3 is 2.47 bits per heavy atom. The zero-order chi connectivity index (χ0) is 21.1. The summed E-state index contributed by atoms with van der Waals surface area (Å²) in [5, 5.41) is 15.7. The summed E-state index contributed by atoms with van der Waals surface area (Å²) in [5.41, 5.74) is 3.56. The minimum absolute atomic E-state index is 0.145. The molecule has 0 spiro atoms. The van der Waals surface area contributed by atoms with Crippen molar-refractivity contribution in [3.8, 4) is 11.5 Å². The molecule has 1 aliphatic heterocycles. The van der Waals surface area contributed by atoms with Gasteiger partial charge >= 0.3 is 0 Å². The lowest BCUT2D eigenvalue weighted by Crippen LogP contribution is -2.33. The molecule has 6 heteroatoms. The van der Waals surface area contributed by atoms with E-state index in [4.69, 9.17) is 32.9 Å². The molecule has 1 heterocycles. The second kappa shape index (κ2) is 9.09. The van der Waals surface area contributed by atoms with Crippen LogP contribution >= 0.6 is 23.2 Å². The van der Waals surface area contributed by atoms with Crippen molar-refractivity contribution in [3.05, 3.63) is 93.5 Å². The Hall–Kier alpha value is -2.53. The molecule has 0 bridgehead atoms. The summed E-state index contributed by atoms with van der Waals surface area (Å²) in [6.45, 7) is 2.37. The molecular formula is C24H22Cl2N2O2. The fraction of sp³-hybridized carbons (Fsp3) is 0.208. The topological polar surface area (TPSA) is 53.8 Å². The van der Waals surface area contributed by atoms with Crippen molar-refractivity contribution in [3.63, 3.8) is 0 Å². The van der Waals surface area contributed by atoms with Crippen molar-refractivity contribution in [2.45, 2.75) is 25.6 Å². The summed E-state index contributed by atoms with van der Waals surface area (Å²) in [5.74, 6) is 0.619. The summed E-state index contributed by atoms with van der Waals surface area (Å²) >= 11 is 12.5. The molecule has 3 aromatic carbocycles. The average molecular weight is 441 g/mol. The number of ether oxygens (including phenoxy) is 1. The number of aliphatic imine (C=N–C) groups is 1. The quantitative estimate of drug-likeness (QED) is 0.487. The van der Waals surface area contributed by atoms with E-state index in [0.717, 1.165) is 22.4 Å². The summed E-state index contributed by atoms with van der Waals surface area (Å²) < 4.78 is 5.58. The average Bonchev–Trinajstić information content (AvgIpc) is 2.76. The number of halogens is 2. The van der Waals surface area contributed by atoms with Crippen LogP contribution < -0.4 is 10.1 Å². The van der Waals surface area contributed by atoms with Crippen LogP contribution in [0.4, 0.5) is 0 Å². The first kappa shape index (κ1) is 20.7. The molecule has 0 radical (unpaired) electrons. The van der Waals surface area contributed by atoms with Crippen LogP contribution in [0.15, 0.2) is 71.7 Å². The molecular weight excluding hydrogens is 419 g/mol. The van der Waals surface area contributed by atoms with E-state index in [1.54, 1.807) is 6.07 Å². The van der Waals surface area contributed by atoms with E-state index in [9.17, 15) is 5.11 Å². The predicted octanol–water partition coefficient (Wildman–Crippen LogP) is 6.32. The van der Waals surface area contributed by atoms with Crippen molar-refractivity contribution in [2.24, 2.45) is 4.99 Å². The summed E-state index contributed by atoms with van der Waals surface area (Å²) in [4.78, 5) is 4.94. The van der Waals surface area contributed by atoms with Gasteiger partial charge in [0, 0.05) is 39.3 Å². The van der Waals surface area contributed by atoms with Gasteiger partial charge in [-0.25, -0.2) is 0 Å². The number of phenolic OH excluding ortho intramolecular Hbond substituents is 1. The summed E-state index contributed by atoms with van der Waals surface area (Å²) in [6.07, 6.45) is 0.254. The molecule has 0 aromatic heterocycles. The maximum atomic E-state index is 10.8. The molecule has 154 valence electrons. The molecule has 4 nitrogen and oxygen atoms in total. The van der Waals surface area contributed by atoms with E-state index in [2.05, 4.69) is 5.32 Å². The van der Waals surface area contributed by atoms with Crippen molar-refractivity contribution in [1.29, 1.82) is 0 Å². The van der Waals surface area contributed by atoms with Crippen LogP contribution in [0.25, 0.3) is 0 Å². The van der Waals surface area contributed by atoms with E-state index < -0.39 is 0 Å². The van der Waals surface area contributed by atoms with E-state index >= 15 is 0 Å². The Labute approximate surface area is 186 Å². The van der Waals surface area contributed by atoms with Gasteiger partial charge in [-0.05, 0) is 36.8 Å². The molecule has 30 heavy (non-hydrogen) atoms. The number of benzene rings is 3. The molecule has 3 aromatic rings. The number of nitrogens with zero attached hydrogens (tertiary/aromatic N) is 1. The lowest BCUT2D eigenvalue weighted by Gasteiger charge is -2.31. The third-order valence-corrected chi connectivity index (χ3v) is 5.72. The highest BCUT2D eigenvalue weighted by Crippen LogP contribution is 2.39. The lowest BCUT2D eigenvalue weighted by atomic mass is 9.93. The van der Waals surface area contributed by atoms with Crippen LogP contribution in [-0.4, -0.2) is 17.4 Å². The Morgan fingerprint density at radius 2 is 1.73 bits per heavy atom. The molecule has 0 saturated carbocycles. The van der Waals surface area contributed by atoms with E-state index in [1.165, 1.54) is 0 Å². The zero-order valence-electron chi connectivity index (χ0n) is 16.5. The van der Waals surface area contributed by atoms with E-state index in [0.29, 0.717) is 28.8 Å². The SMILES string of the molecule is CCOc1cccc([C@H]2CC(c3ccc(Cl)cc3)=N[C@@H](c3ccccc3Cl)N2)c1O. The van der Waals surface area contributed by atoms with Gasteiger partial charge in [0.05, 0.1) is 6.61 Å². The minimum atomic E-state index is -0.349. The molecule has 4 rings (SSSR count). The number of aromatic hydroxyl groups is 1. The van der Waals surface area contributed by atoms with Crippen molar-refractivity contribution < 1.29 is 9.84 Å². The Kier molecular flexibility index (Phi) is 6.28. The molecule has 0 fully saturated rings. The zero-order valence-corrected chi connectivity index (χ0v) is 18.0. The standard InChI is InChI=1S/C24H22Cl2N2O2/c1-2-30-22-9-5-7-18(23(22)29)21-14-20(15-10-12-16(25)13-11-15)27-24(28-21)17-6-3-4-8-19(17)26/h3-13,21,24,28-29H,2,14H2,1H3/t21-,24-/m1/s1. The van der Waals surface area contributed by atoms with Gasteiger partial charge in [-0.2, -0.15) is 0 Å². The number of rotatable bonds is 5. The minimum Gasteiger partial charge on any atom is -0.504 e. The number of hydrogen-bond donors (Lipinski definition) is 2. The van der Waals surface area contributed by atoms with Gasteiger partial charge in [0.2, 0.25) is 0 Å². The molecule has 1 aliphatic rings. The predicted molar refractivity (Wildman–Crippen MR) is 122 cm³/mol. The normalized spacial score (nSPS) is 18.7. The third-order valence-electron chi connectivity index (χ3n) is 5.12. The van der Waals surface area contributed by atoms with Gasteiger partial charge in [-0.3, -0.25) is 10.3 Å². The first-order valence-corrected chi connectivity index (χ1v) is 10.6. The monoisotopic (exact) mass is 440 g/mol. The number of hydrogen-bond acceptors (Lipinski definition) is 4. The van der Waals surface area contributed by atoms with Crippen molar-refractivity contribution >= 4 is 28.9 Å². The van der Waals surface area contributed by atoms with Gasteiger partial charge in [0.15, 0.2) is 11.5 Å². The smallest absolute Gasteiger partial charge is 0.162 e. The molecule has 2 N–H and O–H groups in total. The lowest BCUT2D eigenvalue weighted by molar-refractivity contribution is 0.313. The summed E-state index contributed by atoms with van der Waals surface area (Å²) in [7, 11) is 0. The molecule has 0 saturated heterocycles. The molecule has 0 aliphatic carbocycles. The number of nitrogens with one attached hydrogen (secondary N) is 1. The fourth-order valence-corrected chi connectivity index (χ4v) is 4.04. The van der Waals surface area contributed by atoms with Gasteiger partial charge in [-0.15, -0.1) is 0 Å². The van der Waals surface area contributed by atoms with Gasteiger partial charge in [0.25, 0.3) is 0 Å². The van der Waals surface area contributed by atoms with Crippen LogP contribution in [0, 0.1) is 0 Å². The third kappa shape index (κ3) is 4.31. The van der Waals surface area contributed by atoms with Gasteiger partial charge in [-0.1, -0.05) is 65.7 Å². The molecule has 0 unspecified atom stereocenters. The fourth-order valence-electron chi connectivity index (χ4n) is 3.67. The Morgan fingerprint density at radius 1 is 1.00 bits per heavy atom. The summed E-state index contributed by atoms with van der Waals surface area (Å²) in [6, 6.07) is 20.7. The van der Waals surface area contributed by atoms with Gasteiger partial charge < -0.3 is 9.84 Å². The maximum Gasteiger partial charge on any atom is 0.162 e. The molecule has 2 atom stereocenters. The highest BCUT2D eigenvalue weighted by Gasteiger charge is 2.29. The van der Waals surface area contributed by atoms with Crippen LogP contribution in [0.3, 0.4) is 0 Å². The highest BCUT2D eigenvalue weighted by molar-refractivity contribution is 6.31. The van der Waals surface area contributed by atoms with E-state index in [-0.39, 0.29) is 18.0 Å². The first-order valence-electron chi connectivity index (χ1n) is 9.84. The van der Waals surface area contributed by atoms with Crippen LogP contribution in [0.5, 0.6) is 11.5 Å². The van der Waals surface area contributed by atoms with Crippen molar-refractivity contribution in [2.75, 3.05) is 6.61 Å².